The maximum Gasteiger partial charge on any atom is 0.336 e. The molecule has 142 valence electrons. The number of thioether (sulfide) groups is 1. The van der Waals surface area contributed by atoms with Crippen LogP contribution in [0.5, 0.6) is 5.75 Å². The molecule has 0 atom stereocenters. The van der Waals surface area contributed by atoms with Crippen LogP contribution in [-0.4, -0.2) is 32.4 Å². The smallest absolute Gasteiger partial charge is 0.336 e. The molecule has 27 heavy (non-hydrogen) atoms. The molecule has 2 heterocycles. The number of phenols is 1. The molecule has 3 aromatic rings. The molecular formula is C18H19N3O5S. The van der Waals surface area contributed by atoms with Crippen molar-refractivity contribution in [3.63, 3.8) is 0 Å². The lowest BCUT2D eigenvalue weighted by atomic mass is 10.1. The van der Waals surface area contributed by atoms with Gasteiger partial charge in [0.05, 0.1) is 6.61 Å². The maximum absolute atomic E-state index is 11.9. The van der Waals surface area contributed by atoms with Gasteiger partial charge in [0.1, 0.15) is 23.6 Å². The predicted molar refractivity (Wildman–Crippen MR) is 99.8 cm³/mol. The summed E-state index contributed by atoms with van der Waals surface area (Å²) in [7, 11) is 1.77. The Hall–Kier alpha value is -2.81. The van der Waals surface area contributed by atoms with E-state index in [1.54, 1.807) is 37.6 Å². The summed E-state index contributed by atoms with van der Waals surface area (Å²) in [5.74, 6) is 0.686. The number of esters is 1. The molecule has 0 radical (unpaired) electrons. The van der Waals surface area contributed by atoms with Crippen molar-refractivity contribution in [1.82, 2.24) is 14.8 Å². The molecular weight excluding hydrogens is 370 g/mol. The van der Waals surface area contributed by atoms with Crippen molar-refractivity contribution in [2.24, 2.45) is 7.05 Å². The van der Waals surface area contributed by atoms with Gasteiger partial charge in [-0.3, -0.25) is 4.79 Å². The third-order valence-corrected chi connectivity index (χ3v) is 5.18. The maximum atomic E-state index is 11.9. The number of hydrogen-bond acceptors (Lipinski definition) is 8. The molecule has 0 saturated heterocycles. The van der Waals surface area contributed by atoms with E-state index in [4.69, 9.17) is 9.15 Å². The summed E-state index contributed by atoms with van der Waals surface area (Å²) in [6.07, 6.45) is 0.0498. The number of ether oxygens (including phenoxy) is 1. The second-order valence-corrected chi connectivity index (χ2v) is 6.85. The number of aryl methyl sites for hydroxylation is 1. The van der Waals surface area contributed by atoms with E-state index < -0.39 is 5.63 Å². The van der Waals surface area contributed by atoms with Gasteiger partial charge in [0.15, 0.2) is 5.16 Å². The van der Waals surface area contributed by atoms with Crippen LogP contribution in [0.3, 0.4) is 0 Å². The van der Waals surface area contributed by atoms with Gasteiger partial charge in [-0.2, -0.15) is 0 Å². The number of hydrogen-bond donors (Lipinski definition) is 1. The van der Waals surface area contributed by atoms with Crippen LogP contribution in [0.4, 0.5) is 0 Å². The van der Waals surface area contributed by atoms with Crippen LogP contribution in [-0.2, 0) is 28.8 Å². The van der Waals surface area contributed by atoms with Crippen LogP contribution in [0.15, 0.2) is 32.6 Å². The predicted octanol–water partition coefficient (Wildman–Crippen LogP) is 2.33. The lowest BCUT2D eigenvalue weighted by Gasteiger charge is -2.08. The number of fused-ring (bicyclic) bond motifs is 1. The van der Waals surface area contributed by atoms with Crippen molar-refractivity contribution in [3.05, 3.63) is 45.6 Å². The molecule has 8 nitrogen and oxygen atoms in total. The largest absolute Gasteiger partial charge is 0.508 e. The topological polar surface area (TPSA) is 107 Å². The van der Waals surface area contributed by atoms with Gasteiger partial charge in [0.25, 0.3) is 0 Å². The highest BCUT2D eigenvalue weighted by atomic mass is 32.2. The minimum absolute atomic E-state index is 0.0498. The van der Waals surface area contributed by atoms with Crippen LogP contribution < -0.4 is 5.63 Å². The molecule has 1 N–H and O–H groups in total. The molecule has 0 aliphatic heterocycles. The second-order valence-electron chi connectivity index (χ2n) is 5.91. The van der Waals surface area contributed by atoms with E-state index in [2.05, 4.69) is 10.2 Å². The van der Waals surface area contributed by atoms with Gasteiger partial charge in [0, 0.05) is 29.8 Å². The fourth-order valence-electron chi connectivity index (χ4n) is 2.64. The van der Waals surface area contributed by atoms with Crippen molar-refractivity contribution in [1.29, 1.82) is 0 Å². The lowest BCUT2D eigenvalue weighted by molar-refractivity contribution is -0.142. The van der Waals surface area contributed by atoms with Crippen LogP contribution in [0.1, 0.15) is 23.9 Å². The lowest BCUT2D eigenvalue weighted by Crippen LogP contribution is -2.11. The third kappa shape index (κ3) is 3.97. The van der Waals surface area contributed by atoms with Gasteiger partial charge in [-0.15, -0.1) is 10.2 Å². The van der Waals surface area contributed by atoms with E-state index in [1.807, 2.05) is 0 Å². The second kappa shape index (κ2) is 7.83. The molecule has 9 heteroatoms. The number of benzene rings is 1. The standard InChI is InChI=1S/C18H19N3O5S/c1-4-25-15(23)8-14-19-20-18(21(14)3)27-9-11-7-16(24)26-17-10(2)13(22)6-5-12(11)17/h5-7,22H,4,8-9H2,1-3H3. The molecule has 0 spiro atoms. The normalized spacial score (nSPS) is 11.1. The van der Waals surface area contributed by atoms with E-state index >= 15 is 0 Å². The Morgan fingerprint density at radius 2 is 2.15 bits per heavy atom. The molecule has 3 rings (SSSR count). The zero-order chi connectivity index (χ0) is 19.6. The SMILES string of the molecule is CCOC(=O)Cc1nnc(SCc2cc(=O)oc3c(C)c(O)ccc23)n1C. The molecule has 2 aromatic heterocycles. The fraction of sp³-hybridized carbons (Fsp3) is 0.333. The quantitative estimate of drug-likeness (QED) is 0.389. The van der Waals surface area contributed by atoms with Crippen molar-refractivity contribution >= 4 is 28.7 Å². The Balaban J connectivity index is 1.84. The van der Waals surface area contributed by atoms with Crippen molar-refractivity contribution < 1.29 is 19.1 Å². The first kappa shape index (κ1) is 19.0. The molecule has 0 aliphatic rings. The number of aromatic hydroxyl groups is 1. The van der Waals surface area contributed by atoms with Crippen LogP contribution in [0.2, 0.25) is 0 Å². The summed E-state index contributed by atoms with van der Waals surface area (Å²) < 4.78 is 11.9. The van der Waals surface area contributed by atoms with Gasteiger partial charge in [-0.25, -0.2) is 4.79 Å². The summed E-state index contributed by atoms with van der Waals surface area (Å²) >= 11 is 1.39. The van der Waals surface area contributed by atoms with E-state index in [1.165, 1.54) is 17.8 Å². The summed E-state index contributed by atoms with van der Waals surface area (Å²) in [5.41, 5.74) is 1.18. The number of phenolic OH excluding ortho intramolecular Hbond substituents is 1. The van der Waals surface area contributed by atoms with Crippen molar-refractivity contribution in [2.45, 2.75) is 31.2 Å². The Kier molecular flexibility index (Phi) is 5.50. The molecule has 0 saturated carbocycles. The monoisotopic (exact) mass is 389 g/mol. The first-order valence-electron chi connectivity index (χ1n) is 8.32. The number of nitrogens with zero attached hydrogens (tertiary/aromatic N) is 3. The van der Waals surface area contributed by atoms with Gasteiger partial charge in [0.2, 0.25) is 0 Å². The number of carbonyl (C=O) groups is 1. The Morgan fingerprint density at radius 1 is 1.37 bits per heavy atom. The van der Waals surface area contributed by atoms with E-state index in [9.17, 15) is 14.7 Å². The molecule has 1 aromatic carbocycles. The highest BCUT2D eigenvalue weighted by Crippen LogP contribution is 2.30. The number of aromatic nitrogens is 3. The highest BCUT2D eigenvalue weighted by molar-refractivity contribution is 7.98. The first-order chi connectivity index (χ1) is 12.9. The molecule has 0 unspecified atom stereocenters. The zero-order valence-electron chi connectivity index (χ0n) is 15.2. The highest BCUT2D eigenvalue weighted by Gasteiger charge is 2.15. The number of carbonyl (C=O) groups excluding carboxylic acids is 1. The molecule has 0 aliphatic carbocycles. The van der Waals surface area contributed by atoms with Crippen LogP contribution in [0.25, 0.3) is 11.0 Å². The van der Waals surface area contributed by atoms with Crippen molar-refractivity contribution in [2.75, 3.05) is 6.61 Å². The summed E-state index contributed by atoms with van der Waals surface area (Å²) in [5, 5.41) is 19.3. The summed E-state index contributed by atoms with van der Waals surface area (Å²) in [4.78, 5) is 23.5. The molecule has 0 amide bonds. The fourth-order valence-corrected chi connectivity index (χ4v) is 3.56. The molecule has 0 fully saturated rings. The Bertz CT molecular complexity index is 1060. The number of rotatable bonds is 6. The average molecular weight is 389 g/mol. The van der Waals surface area contributed by atoms with Gasteiger partial charge >= 0.3 is 11.6 Å². The van der Waals surface area contributed by atoms with Gasteiger partial charge < -0.3 is 18.8 Å². The summed E-state index contributed by atoms with van der Waals surface area (Å²) in [6.45, 7) is 3.76. The third-order valence-electron chi connectivity index (χ3n) is 4.11. The van der Waals surface area contributed by atoms with E-state index in [0.29, 0.717) is 34.5 Å². The van der Waals surface area contributed by atoms with Crippen LogP contribution >= 0.6 is 11.8 Å². The minimum atomic E-state index is -0.479. The van der Waals surface area contributed by atoms with Gasteiger partial charge in [-0.1, -0.05) is 11.8 Å². The minimum Gasteiger partial charge on any atom is -0.508 e. The summed E-state index contributed by atoms with van der Waals surface area (Å²) in [6, 6.07) is 4.73. The average Bonchev–Trinajstić information content (AvgIpc) is 2.96. The zero-order valence-corrected chi connectivity index (χ0v) is 16.0. The van der Waals surface area contributed by atoms with Gasteiger partial charge in [-0.05, 0) is 31.5 Å². The Labute approximate surface area is 159 Å². The van der Waals surface area contributed by atoms with E-state index in [0.717, 1.165) is 10.9 Å². The van der Waals surface area contributed by atoms with Crippen molar-refractivity contribution in [3.8, 4) is 5.75 Å². The van der Waals surface area contributed by atoms with Crippen LogP contribution in [0, 0.1) is 6.92 Å². The van der Waals surface area contributed by atoms with E-state index in [-0.39, 0.29) is 18.1 Å². The first-order valence-corrected chi connectivity index (χ1v) is 9.31. The molecule has 0 bridgehead atoms. The Morgan fingerprint density at radius 3 is 2.89 bits per heavy atom.